The van der Waals surface area contributed by atoms with Crippen LogP contribution in [0.2, 0.25) is 5.02 Å². The number of morpholine rings is 1. The van der Waals surface area contributed by atoms with E-state index in [4.69, 9.17) is 16.3 Å². The van der Waals surface area contributed by atoms with Gasteiger partial charge in [-0.15, -0.1) is 24.0 Å². The van der Waals surface area contributed by atoms with E-state index in [1.54, 1.807) is 0 Å². The lowest BCUT2D eigenvalue weighted by Crippen LogP contribution is -2.48. The fourth-order valence-corrected chi connectivity index (χ4v) is 3.10. The van der Waals surface area contributed by atoms with E-state index in [-0.39, 0.29) is 30.0 Å². The summed E-state index contributed by atoms with van der Waals surface area (Å²) in [5.41, 5.74) is 1.14. The Kier molecular flexibility index (Phi) is 10.8. The molecule has 5 nitrogen and oxygen atoms in total. The number of hydrogen-bond donors (Lipinski definition) is 2. The lowest BCUT2D eigenvalue weighted by atomic mass is 10.0. The number of benzene rings is 1. The van der Waals surface area contributed by atoms with Crippen molar-refractivity contribution >= 4 is 41.5 Å². The summed E-state index contributed by atoms with van der Waals surface area (Å²) < 4.78 is 5.51. The van der Waals surface area contributed by atoms with Crippen LogP contribution in [0.3, 0.4) is 0 Å². The molecule has 1 saturated heterocycles. The molecule has 148 valence electrons. The van der Waals surface area contributed by atoms with Crippen LogP contribution in [-0.2, 0) is 4.74 Å². The molecule has 1 aliphatic rings. The molecule has 2 N–H and O–H groups in total. The van der Waals surface area contributed by atoms with Crippen LogP contribution >= 0.6 is 35.6 Å². The molecule has 1 heterocycles. The number of halogens is 2. The molecule has 2 rings (SSSR count). The third-order valence-electron chi connectivity index (χ3n) is 4.80. The summed E-state index contributed by atoms with van der Waals surface area (Å²) in [7, 11) is 1.81. The zero-order chi connectivity index (χ0) is 18.2. The number of hydrogen-bond acceptors (Lipinski definition) is 3. The van der Waals surface area contributed by atoms with Crippen molar-refractivity contribution < 1.29 is 4.74 Å². The first-order valence-electron chi connectivity index (χ1n) is 9.06. The van der Waals surface area contributed by atoms with Gasteiger partial charge in [-0.25, -0.2) is 0 Å². The Morgan fingerprint density at radius 2 is 1.88 bits per heavy atom. The Morgan fingerprint density at radius 3 is 2.46 bits per heavy atom. The van der Waals surface area contributed by atoms with Gasteiger partial charge >= 0.3 is 0 Å². The molecule has 1 fully saturated rings. The van der Waals surface area contributed by atoms with Gasteiger partial charge in [-0.05, 0) is 24.5 Å². The number of nitrogens with one attached hydrogen (secondary N) is 2. The molecule has 7 heteroatoms. The van der Waals surface area contributed by atoms with Gasteiger partial charge in [0.2, 0.25) is 0 Å². The van der Waals surface area contributed by atoms with Crippen LogP contribution < -0.4 is 10.6 Å². The molecule has 0 amide bonds. The van der Waals surface area contributed by atoms with Crippen LogP contribution in [0.5, 0.6) is 0 Å². The maximum absolute atomic E-state index is 6.48. The average molecular weight is 495 g/mol. The Morgan fingerprint density at radius 1 is 1.23 bits per heavy atom. The molecule has 2 unspecified atom stereocenters. The molecule has 26 heavy (non-hydrogen) atoms. The van der Waals surface area contributed by atoms with E-state index in [1.165, 1.54) is 0 Å². The van der Waals surface area contributed by atoms with Crippen molar-refractivity contribution in [2.45, 2.75) is 32.9 Å². The summed E-state index contributed by atoms with van der Waals surface area (Å²) in [5.74, 6) is 1.36. The summed E-state index contributed by atoms with van der Waals surface area (Å²) in [5, 5.41) is 7.73. The molecule has 0 aliphatic carbocycles. The minimum Gasteiger partial charge on any atom is -0.379 e. The largest absolute Gasteiger partial charge is 0.379 e. The number of guanidine groups is 1. The maximum Gasteiger partial charge on any atom is 0.191 e. The Hall–Kier alpha value is -0.570. The van der Waals surface area contributed by atoms with Gasteiger partial charge in [0.05, 0.1) is 19.3 Å². The van der Waals surface area contributed by atoms with Crippen molar-refractivity contribution in [1.82, 2.24) is 15.5 Å². The van der Waals surface area contributed by atoms with Crippen molar-refractivity contribution in [2.75, 3.05) is 39.9 Å². The Balaban J connectivity index is 0.00000338. The lowest BCUT2D eigenvalue weighted by Gasteiger charge is -2.35. The number of aliphatic imine (C=N–C) groups is 1. The third-order valence-corrected chi connectivity index (χ3v) is 5.15. The molecule has 0 saturated carbocycles. The third kappa shape index (κ3) is 6.87. The van der Waals surface area contributed by atoms with E-state index >= 15 is 0 Å². The number of rotatable bonds is 6. The molecular formula is C19H32ClIN4O. The van der Waals surface area contributed by atoms with Crippen LogP contribution in [-0.4, -0.2) is 56.8 Å². The van der Waals surface area contributed by atoms with E-state index in [0.29, 0.717) is 12.0 Å². The molecular weight excluding hydrogens is 463 g/mol. The van der Waals surface area contributed by atoms with Gasteiger partial charge in [-0.1, -0.05) is 43.6 Å². The quantitative estimate of drug-likeness (QED) is 0.361. The monoisotopic (exact) mass is 494 g/mol. The second kappa shape index (κ2) is 12.0. The zero-order valence-electron chi connectivity index (χ0n) is 16.2. The molecule has 0 bridgehead atoms. The van der Waals surface area contributed by atoms with Gasteiger partial charge in [0.1, 0.15) is 0 Å². The maximum atomic E-state index is 6.48. The first kappa shape index (κ1) is 23.5. The minimum atomic E-state index is 0. The highest BCUT2D eigenvalue weighted by molar-refractivity contribution is 14.0. The highest BCUT2D eigenvalue weighted by atomic mass is 127. The number of nitrogens with zero attached hydrogens (tertiary/aromatic N) is 2. The van der Waals surface area contributed by atoms with Crippen molar-refractivity contribution in [3.05, 3.63) is 34.9 Å². The van der Waals surface area contributed by atoms with E-state index in [0.717, 1.165) is 49.4 Å². The summed E-state index contributed by atoms with van der Waals surface area (Å²) in [6, 6.07) is 8.62. The second-order valence-corrected chi connectivity index (χ2v) is 7.22. The summed E-state index contributed by atoms with van der Waals surface area (Å²) >= 11 is 6.48. The highest BCUT2D eigenvalue weighted by Crippen LogP contribution is 2.27. The minimum absolute atomic E-state index is 0. The molecule has 0 aromatic heterocycles. The molecule has 1 aromatic carbocycles. The van der Waals surface area contributed by atoms with Crippen molar-refractivity contribution in [3.8, 4) is 0 Å². The van der Waals surface area contributed by atoms with Gasteiger partial charge in [0.25, 0.3) is 0 Å². The summed E-state index contributed by atoms with van der Waals surface area (Å²) in [6.45, 7) is 10.7. The first-order chi connectivity index (χ1) is 12.0. The summed E-state index contributed by atoms with van der Waals surface area (Å²) in [6.07, 6.45) is 0. The fourth-order valence-electron chi connectivity index (χ4n) is 2.84. The molecule has 2 atom stereocenters. The Labute approximate surface area is 179 Å². The van der Waals surface area contributed by atoms with E-state index in [9.17, 15) is 0 Å². The Bertz CT molecular complexity index is 564. The van der Waals surface area contributed by atoms with Gasteiger partial charge in [-0.3, -0.25) is 9.89 Å². The smallest absolute Gasteiger partial charge is 0.191 e. The van der Waals surface area contributed by atoms with E-state index in [2.05, 4.69) is 47.4 Å². The van der Waals surface area contributed by atoms with Crippen LogP contribution in [0.25, 0.3) is 0 Å². The van der Waals surface area contributed by atoms with Crippen LogP contribution in [0, 0.1) is 5.92 Å². The molecule has 0 radical (unpaired) electrons. The van der Waals surface area contributed by atoms with E-state index < -0.39 is 0 Å². The summed E-state index contributed by atoms with van der Waals surface area (Å²) in [4.78, 5) is 6.79. The normalized spacial score (nSPS) is 18.2. The standard InChI is InChI=1S/C19H31ClN4O.HI/c1-14(2)15(3)23-19(21-4)22-13-18(24-9-11-25-12-10-24)16-7-5-6-8-17(16)20;/h5-8,14-15,18H,9-13H2,1-4H3,(H2,21,22,23);1H. The van der Waals surface area contributed by atoms with Crippen LogP contribution in [0.1, 0.15) is 32.4 Å². The zero-order valence-corrected chi connectivity index (χ0v) is 19.3. The fraction of sp³-hybridized carbons (Fsp3) is 0.632. The average Bonchev–Trinajstić information content (AvgIpc) is 2.62. The van der Waals surface area contributed by atoms with Gasteiger partial charge < -0.3 is 15.4 Å². The van der Waals surface area contributed by atoms with Crippen LogP contribution in [0.4, 0.5) is 0 Å². The predicted molar refractivity (Wildman–Crippen MR) is 121 cm³/mol. The first-order valence-corrected chi connectivity index (χ1v) is 9.44. The van der Waals surface area contributed by atoms with Gasteiger partial charge in [-0.2, -0.15) is 0 Å². The van der Waals surface area contributed by atoms with Gasteiger partial charge in [0, 0.05) is 37.7 Å². The van der Waals surface area contributed by atoms with Crippen molar-refractivity contribution in [3.63, 3.8) is 0 Å². The predicted octanol–water partition coefficient (Wildman–Crippen LogP) is 3.54. The molecule has 1 aliphatic heterocycles. The highest BCUT2D eigenvalue weighted by Gasteiger charge is 2.24. The van der Waals surface area contributed by atoms with Crippen LogP contribution in [0.15, 0.2) is 29.3 Å². The molecule has 1 aromatic rings. The van der Waals surface area contributed by atoms with Crippen molar-refractivity contribution in [1.29, 1.82) is 0 Å². The van der Waals surface area contributed by atoms with Gasteiger partial charge in [0.15, 0.2) is 5.96 Å². The SMILES string of the molecule is CN=C(NCC(c1ccccc1Cl)N1CCOCC1)NC(C)C(C)C.I. The van der Waals surface area contributed by atoms with Crippen molar-refractivity contribution in [2.24, 2.45) is 10.9 Å². The second-order valence-electron chi connectivity index (χ2n) is 6.82. The number of ether oxygens (including phenoxy) is 1. The van der Waals surface area contributed by atoms with E-state index in [1.807, 2.05) is 25.2 Å². The lowest BCUT2D eigenvalue weighted by molar-refractivity contribution is 0.0170. The topological polar surface area (TPSA) is 48.9 Å². The molecule has 0 spiro atoms.